The summed E-state index contributed by atoms with van der Waals surface area (Å²) in [6.45, 7) is 5.55. The van der Waals surface area contributed by atoms with Crippen molar-refractivity contribution in [2.75, 3.05) is 19.6 Å². The van der Waals surface area contributed by atoms with Crippen LogP contribution in [0.4, 0.5) is 0 Å². The summed E-state index contributed by atoms with van der Waals surface area (Å²) >= 11 is 6.17. The predicted octanol–water partition coefficient (Wildman–Crippen LogP) is 3.72. The Labute approximate surface area is 118 Å². The SMILES string of the molecule is CCCN1CC=C(c2n[nH]c3c(Cl)cccc23)CC1. The first-order valence-corrected chi connectivity index (χ1v) is 7.21. The zero-order chi connectivity index (χ0) is 13.2. The largest absolute Gasteiger partial charge is 0.299 e. The van der Waals surface area contributed by atoms with E-state index >= 15 is 0 Å². The van der Waals surface area contributed by atoms with Gasteiger partial charge in [-0.2, -0.15) is 5.10 Å². The van der Waals surface area contributed by atoms with Gasteiger partial charge >= 0.3 is 0 Å². The number of aromatic nitrogens is 2. The molecular formula is C15H18ClN3. The van der Waals surface area contributed by atoms with E-state index in [0.717, 1.165) is 41.1 Å². The van der Waals surface area contributed by atoms with Gasteiger partial charge in [0.1, 0.15) is 0 Å². The van der Waals surface area contributed by atoms with Gasteiger partial charge in [-0.15, -0.1) is 0 Å². The highest BCUT2D eigenvalue weighted by atomic mass is 35.5. The lowest BCUT2D eigenvalue weighted by molar-refractivity contribution is 0.302. The fourth-order valence-corrected chi connectivity index (χ4v) is 2.91. The van der Waals surface area contributed by atoms with E-state index in [2.05, 4.69) is 34.2 Å². The van der Waals surface area contributed by atoms with Gasteiger partial charge in [0, 0.05) is 18.5 Å². The zero-order valence-electron chi connectivity index (χ0n) is 11.1. The predicted molar refractivity (Wildman–Crippen MR) is 80.4 cm³/mol. The number of halogens is 1. The Balaban J connectivity index is 1.91. The van der Waals surface area contributed by atoms with E-state index in [9.17, 15) is 0 Å². The van der Waals surface area contributed by atoms with Crippen LogP contribution in [0.5, 0.6) is 0 Å². The van der Waals surface area contributed by atoms with Gasteiger partial charge in [-0.25, -0.2) is 0 Å². The molecule has 4 heteroatoms. The highest BCUT2D eigenvalue weighted by Gasteiger charge is 2.16. The molecule has 0 amide bonds. The van der Waals surface area contributed by atoms with E-state index in [1.54, 1.807) is 0 Å². The van der Waals surface area contributed by atoms with E-state index in [4.69, 9.17) is 11.6 Å². The van der Waals surface area contributed by atoms with Gasteiger partial charge in [-0.3, -0.25) is 10.00 Å². The van der Waals surface area contributed by atoms with Crippen molar-refractivity contribution < 1.29 is 0 Å². The van der Waals surface area contributed by atoms with E-state index in [1.807, 2.05) is 12.1 Å². The summed E-state index contributed by atoms with van der Waals surface area (Å²) in [5.74, 6) is 0. The molecule has 0 bridgehead atoms. The van der Waals surface area contributed by atoms with Crippen LogP contribution >= 0.6 is 11.6 Å². The van der Waals surface area contributed by atoms with Crippen LogP contribution in [0.25, 0.3) is 16.5 Å². The van der Waals surface area contributed by atoms with Crippen LogP contribution < -0.4 is 0 Å². The van der Waals surface area contributed by atoms with Crippen molar-refractivity contribution in [3.05, 3.63) is 35.0 Å². The third-order valence-corrected chi connectivity index (χ3v) is 4.00. The maximum atomic E-state index is 6.17. The lowest BCUT2D eigenvalue weighted by Gasteiger charge is -2.25. The van der Waals surface area contributed by atoms with Crippen LogP contribution in [0, 0.1) is 0 Å². The van der Waals surface area contributed by atoms with Crippen molar-refractivity contribution in [2.24, 2.45) is 0 Å². The maximum absolute atomic E-state index is 6.17. The van der Waals surface area contributed by atoms with Crippen molar-refractivity contribution in [3.8, 4) is 0 Å². The van der Waals surface area contributed by atoms with E-state index in [0.29, 0.717) is 0 Å². The quantitative estimate of drug-likeness (QED) is 0.926. The molecule has 2 heterocycles. The molecule has 3 rings (SSSR count). The van der Waals surface area contributed by atoms with Crippen molar-refractivity contribution in [2.45, 2.75) is 19.8 Å². The van der Waals surface area contributed by atoms with E-state index < -0.39 is 0 Å². The van der Waals surface area contributed by atoms with Gasteiger partial charge in [0.2, 0.25) is 0 Å². The molecule has 0 aliphatic carbocycles. The molecule has 19 heavy (non-hydrogen) atoms. The second kappa shape index (κ2) is 5.35. The molecule has 1 N–H and O–H groups in total. The second-order valence-electron chi connectivity index (χ2n) is 5.01. The average molecular weight is 276 g/mol. The van der Waals surface area contributed by atoms with Gasteiger partial charge in [-0.1, -0.05) is 36.7 Å². The number of nitrogens with zero attached hydrogens (tertiary/aromatic N) is 2. The topological polar surface area (TPSA) is 31.9 Å². The van der Waals surface area contributed by atoms with Crippen LogP contribution in [-0.4, -0.2) is 34.7 Å². The molecule has 3 nitrogen and oxygen atoms in total. The number of benzene rings is 1. The minimum absolute atomic E-state index is 0.736. The monoisotopic (exact) mass is 275 g/mol. The Morgan fingerprint density at radius 1 is 1.42 bits per heavy atom. The molecule has 0 radical (unpaired) electrons. The molecule has 0 spiro atoms. The van der Waals surface area contributed by atoms with E-state index in [1.165, 1.54) is 18.5 Å². The number of para-hydroxylation sites is 1. The summed E-state index contributed by atoms with van der Waals surface area (Å²) in [4.78, 5) is 2.48. The fraction of sp³-hybridized carbons (Fsp3) is 0.400. The summed E-state index contributed by atoms with van der Waals surface area (Å²) < 4.78 is 0. The minimum atomic E-state index is 0.736. The summed E-state index contributed by atoms with van der Waals surface area (Å²) in [6, 6.07) is 5.96. The summed E-state index contributed by atoms with van der Waals surface area (Å²) in [5.41, 5.74) is 3.34. The van der Waals surface area contributed by atoms with E-state index in [-0.39, 0.29) is 0 Å². The normalized spacial score (nSPS) is 16.8. The molecule has 1 aromatic heterocycles. The number of hydrogen-bond donors (Lipinski definition) is 1. The molecule has 100 valence electrons. The Hall–Kier alpha value is -1.32. The first-order valence-electron chi connectivity index (χ1n) is 6.84. The Morgan fingerprint density at radius 3 is 3.05 bits per heavy atom. The molecular weight excluding hydrogens is 258 g/mol. The Kier molecular flexibility index (Phi) is 3.58. The number of nitrogens with one attached hydrogen (secondary N) is 1. The number of fused-ring (bicyclic) bond motifs is 1. The first-order chi connectivity index (χ1) is 9.29. The standard InChI is InChI=1S/C15H18ClN3/c1-2-8-19-9-6-11(7-10-19)14-12-4-3-5-13(16)15(12)18-17-14/h3-6H,2,7-10H2,1H3,(H,17,18). The number of hydrogen-bond acceptors (Lipinski definition) is 2. The summed E-state index contributed by atoms with van der Waals surface area (Å²) in [6.07, 6.45) is 4.58. The van der Waals surface area contributed by atoms with Crippen molar-refractivity contribution >= 4 is 28.1 Å². The molecule has 0 saturated carbocycles. The number of aromatic amines is 1. The lowest BCUT2D eigenvalue weighted by Crippen LogP contribution is -2.29. The molecule has 0 atom stereocenters. The van der Waals surface area contributed by atoms with Gasteiger partial charge in [0.05, 0.1) is 16.2 Å². The van der Waals surface area contributed by atoms with Crippen LogP contribution in [-0.2, 0) is 0 Å². The molecule has 0 unspecified atom stereocenters. The number of H-pyrrole nitrogens is 1. The van der Waals surface area contributed by atoms with Crippen molar-refractivity contribution in [1.29, 1.82) is 0 Å². The highest BCUT2D eigenvalue weighted by Crippen LogP contribution is 2.30. The smallest absolute Gasteiger partial charge is 0.0957 e. The second-order valence-corrected chi connectivity index (χ2v) is 5.42. The molecule has 1 aliphatic rings. The molecule has 2 aromatic rings. The van der Waals surface area contributed by atoms with Gasteiger partial charge in [0.15, 0.2) is 0 Å². The summed E-state index contributed by atoms with van der Waals surface area (Å²) in [5, 5.41) is 9.37. The molecule has 1 aliphatic heterocycles. The first kappa shape index (κ1) is 12.7. The third kappa shape index (κ3) is 2.40. The van der Waals surface area contributed by atoms with Crippen molar-refractivity contribution in [3.63, 3.8) is 0 Å². The van der Waals surface area contributed by atoms with Crippen LogP contribution in [0.3, 0.4) is 0 Å². The van der Waals surface area contributed by atoms with Gasteiger partial charge in [-0.05, 0) is 31.0 Å². The maximum Gasteiger partial charge on any atom is 0.0957 e. The molecule has 0 fully saturated rings. The highest BCUT2D eigenvalue weighted by molar-refractivity contribution is 6.35. The average Bonchev–Trinajstić information content (AvgIpc) is 2.85. The zero-order valence-corrected chi connectivity index (χ0v) is 11.9. The summed E-state index contributed by atoms with van der Waals surface area (Å²) in [7, 11) is 0. The van der Waals surface area contributed by atoms with Gasteiger partial charge in [0.25, 0.3) is 0 Å². The van der Waals surface area contributed by atoms with Crippen LogP contribution in [0.2, 0.25) is 5.02 Å². The Morgan fingerprint density at radius 2 is 2.32 bits per heavy atom. The van der Waals surface area contributed by atoms with Crippen molar-refractivity contribution in [1.82, 2.24) is 15.1 Å². The third-order valence-electron chi connectivity index (χ3n) is 3.69. The van der Waals surface area contributed by atoms with Crippen LogP contribution in [0.15, 0.2) is 24.3 Å². The minimum Gasteiger partial charge on any atom is -0.299 e. The lowest BCUT2D eigenvalue weighted by atomic mass is 10.0. The Bertz CT molecular complexity index is 615. The van der Waals surface area contributed by atoms with Gasteiger partial charge < -0.3 is 0 Å². The molecule has 1 aromatic carbocycles. The molecule has 0 saturated heterocycles. The van der Waals surface area contributed by atoms with Crippen LogP contribution in [0.1, 0.15) is 25.5 Å². The number of rotatable bonds is 3. The fourth-order valence-electron chi connectivity index (χ4n) is 2.70.